The Balaban J connectivity index is 2.12. The molecule has 1 fully saturated rings. The van der Waals surface area contributed by atoms with Gasteiger partial charge in [-0.25, -0.2) is 0 Å². The maximum atomic E-state index is 11.4. The van der Waals surface area contributed by atoms with Gasteiger partial charge in [0.1, 0.15) is 0 Å². The highest BCUT2D eigenvalue weighted by Gasteiger charge is 2.15. The Morgan fingerprint density at radius 3 is 3.07 bits per heavy atom. The zero-order chi connectivity index (χ0) is 10.4. The molecule has 0 bridgehead atoms. The summed E-state index contributed by atoms with van der Waals surface area (Å²) in [6, 6.07) is 0.524. The predicted molar refractivity (Wildman–Crippen MR) is 61.4 cm³/mol. The van der Waals surface area contributed by atoms with E-state index in [2.05, 4.69) is 5.32 Å². The maximum absolute atomic E-state index is 11.4. The molecule has 0 spiro atoms. The van der Waals surface area contributed by atoms with E-state index in [4.69, 9.17) is 5.73 Å². The average molecular weight is 216 g/mol. The van der Waals surface area contributed by atoms with E-state index >= 15 is 0 Å². The lowest BCUT2D eigenvalue weighted by molar-refractivity contribution is -0.121. The van der Waals surface area contributed by atoms with Crippen LogP contribution >= 0.6 is 11.8 Å². The predicted octanol–water partition coefficient (Wildman–Crippen LogP) is 1.13. The fraction of sp³-hybridized carbons (Fsp3) is 0.900. The quantitative estimate of drug-likeness (QED) is 0.740. The number of rotatable bonds is 4. The minimum Gasteiger partial charge on any atom is -0.353 e. The third kappa shape index (κ3) is 4.86. The summed E-state index contributed by atoms with van der Waals surface area (Å²) in [6.07, 6.45) is 3.71. The molecule has 0 radical (unpaired) electrons. The molecule has 1 amide bonds. The molecule has 1 saturated heterocycles. The van der Waals surface area contributed by atoms with Crippen molar-refractivity contribution in [3.05, 3.63) is 0 Å². The number of hydrogen-bond acceptors (Lipinski definition) is 3. The summed E-state index contributed by atoms with van der Waals surface area (Å²) in [5, 5.41) is 3.06. The van der Waals surface area contributed by atoms with Gasteiger partial charge < -0.3 is 11.1 Å². The Labute approximate surface area is 90.2 Å². The van der Waals surface area contributed by atoms with Gasteiger partial charge in [0.15, 0.2) is 0 Å². The van der Waals surface area contributed by atoms with Crippen molar-refractivity contribution >= 4 is 17.7 Å². The third-order valence-electron chi connectivity index (χ3n) is 2.35. The van der Waals surface area contributed by atoms with Crippen molar-refractivity contribution in [1.82, 2.24) is 5.32 Å². The lowest BCUT2D eigenvalue weighted by Crippen LogP contribution is -2.38. The van der Waals surface area contributed by atoms with Crippen LogP contribution in [-0.4, -0.2) is 29.5 Å². The lowest BCUT2D eigenvalue weighted by atomic mass is 10.1. The topological polar surface area (TPSA) is 55.1 Å². The molecule has 0 aromatic carbocycles. The first-order valence-corrected chi connectivity index (χ1v) is 6.46. The zero-order valence-corrected chi connectivity index (χ0v) is 9.61. The number of amides is 1. The van der Waals surface area contributed by atoms with Crippen LogP contribution in [0.4, 0.5) is 0 Å². The van der Waals surface area contributed by atoms with E-state index in [1.807, 2.05) is 18.7 Å². The Hall–Kier alpha value is -0.220. The summed E-state index contributed by atoms with van der Waals surface area (Å²) in [5.41, 5.74) is 5.59. The molecule has 2 atom stereocenters. The van der Waals surface area contributed by atoms with Crippen molar-refractivity contribution < 1.29 is 4.79 Å². The number of carbonyl (C=O) groups is 1. The number of nitrogens with one attached hydrogen (secondary N) is 1. The normalized spacial score (nSPS) is 24.3. The Bertz CT molecular complexity index is 179. The van der Waals surface area contributed by atoms with Gasteiger partial charge in [-0.15, -0.1) is 0 Å². The van der Waals surface area contributed by atoms with E-state index in [0.29, 0.717) is 12.5 Å². The minimum atomic E-state index is 0.126. The fourth-order valence-electron chi connectivity index (χ4n) is 1.51. The van der Waals surface area contributed by atoms with Crippen molar-refractivity contribution in [3.8, 4) is 0 Å². The molecule has 1 rings (SSSR count). The summed E-state index contributed by atoms with van der Waals surface area (Å²) >= 11 is 1.93. The van der Waals surface area contributed by atoms with Gasteiger partial charge in [0.05, 0.1) is 0 Å². The highest BCUT2D eigenvalue weighted by Crippen LogP contribution is 2.16. The number of nitrogens with two attached hydrogens (primary N) is 1. The molecule has 0 saturated carbocycles. The van der Waals surface area contributed by atoms with Gasteiger partial charge in [0, 0.05) is 24.3 Å². The lowest BCUT2D eigenvalue weighted by Gasteiger charge is -2.22. The van der Waals surface area contributed by atoms with Crippen molar-refractivity contribution in [2.75, 3.05) is 11.5 Å². The van der Waals surface area contributed by atoms with Crippen LogP contribution in [-0.2, 0) is 4.79 Å². The van der Waals surface area contributed by atoms with Crippen LogP contribution in [0.2, 0.25) is 0 Å². The minimum absolute atomic E-state index is 0.126. The van der Waals surface area contributed by atoms with Crippen molar-refractivity contribution in [3.63, 3.8) is 0 Å². The van der Waals surface area contributed by atoms with Gasteiger partial charge in [0.25, 0.3) is 0 Å². The summed E-state index contributed by atoms with van der Waals surface area (Å²) in [7, 11) is 0. The summed E-state index contributed by atoms with van der Waals surface area (Å²) < 4.78 is 0. The van der Waals surface area contributed by atoms with Crippen LogP contribution in [0.25, 0.3) is 0 Å². The van der Waals surface area contributed by atoms with Gasteiger partial charge >= 0.3 is 0 Å². The van der Waals surface area contributed by atoms with E-state index in [0.717, 1.165) is 18.6 Å². The van der Waals surface area contributed by atoms with Crippen molar-refractivity contribution in [2.24, 2.45) is 5.73 Å². The van der Waals surface area contributed by atoms with Crippen molar-refractivity contribution in [2.45, 2.75) is 44.7 Å². The molecule has 1 aliphatic rings. The van der Waals surface area contributed by atoms with Gasteiger partial charge in [-0.1, -0.05) is 0 Å². The Morgan fingerprint density at radius 2 is 2.50 bits per heavy atom. The highest BCUT2D eigenvalue weighted by molar-refractivity contribution is 7.99. The van der Waals surface area contributed by atoms with E-state index < -0.39 is 0 Å². The van der Waals surface area contributed by atoms with Crippen molar-refractivity contribution in [1.29, 1.82) is 0 Å². The summed E-state index contributed by atoms with van der Waals surface area (Å²) in [6.45, 7) is 1.93. The molecule has 1 heterocycles. The molecule has 14 heavy (non-hydrogen) atoms. The molecule has 0 aromatic rings. The maximum Gasteiger partial charge on any atom is 0.220 e. The summed E-state index contributed by atoms with van der Waals surface area (Å²) in [5.74, 6) is 2.48. The number of carbonyl (C=O) groups excluding carboxylic acids is 1. The van der Waals surface area contributed by atoms with Gasteiger partial charge in [-0.2, -0.15) is 11.8 Å². The van der Waals surface area contributed by atoms with E-state index in [1.54, 1.807) is 0 Å². The molecule has 3 N–H and O–H groups in total. The van der Waals surface area contributed by atoms with Gasteiger partial charge in [-0.05, 0) is 31.9 Å². The molecule has 82 valence electrons. The van der Waals surface area contributed by atoms with Crippen LogP contribution in [0.3, 0.4) is 0 Å². The van der Waals surface area contributed by atoms with E-state index in [9.17, 15) is 4.79 Å². The molecule has 3 nitrogen and oxygen atoms in total. The standard InChI is InChI=1S/C10H20N2OS/c1-8(11)4-5-10(13)12-9-3-2-6-14-7-9/h8-9H,2-7,11H2,1H3,(H,12,13). The van der Waals surface area contributed by atoms with E-state index in [-0.39, 0.29) is 11.9 Å². The second-order valence-corrected chi connectivity index (χ2v) is 5.15. The number of hydrogen-bond donors (Lipinski definition) is 2. The molecular weight excluding hydrogens is 196 g/mol. The molecular formula is C10H20N2OS. The molecule has 2 unspecified atom stereocenters. The molecule has 0 aromatic heterocycles. The number of thioether (sulfide) groups is 1. The first-order chi connectivity index (χ1) is 6.68. The molecule has 0 aliphatic carbocycles. The summed E-state index contributed by atoms with van der Waals surface area (Å²) in [4.78, 5) is 11.4. The molecule has 1 aliphatic heterocycles. The fourth-order valence-corrected chi connectivity index (χ4v) is 2.59. The first-order valence-electron chi connectivity index (χ1n) is 5.31. The zero-order valence-electron chi connectivity index (χ0n) is 8.79. The largest absolute Gasteiger partial charge is 0.353 e. The van der Waals surface area contributed by atoms with Crippen LogP contribution in [0, 0.1) is 0 Å². The third-order valence-corrected chi connectivity index (χ3v) is 3.57. The SMILES string of the molecule is CC(N)CCC(=O)NC1CCCSC1. The van der Waals surface area contributed by atoms with Crippen LogP contribution in [0.1, 0.15) is 32.6 Å². The smallest absolute Gasteiger partial charge is 0.220 e. The Morgan fingerprint density at radius 1 is 1.71 bits per heavy atom. The first kappa shape index (κ1) is 11.9. The van der Waals surface area contributed by atoms with Crippen LogP contribution < -0.4 is 11.1 Å². The van der Waals surface area contributed by atoms with Gasteiger partial charge in [0.2, 0.25) is 5.91 Å². The molecule has 4 heteroatoms. The second kappa shape index (κ2) is 6.30. The Kier molecular flexibility index (Phi) is 5.33. The monoisotopic (exact) mass is 216 g/mol. The van der Waals surface area contributed by atoms with Crippen LogP contribution in [0.5, 0.6) is 0 Å². The van der Waals surface area contributed by atoms with Crippen LogP contribution in [0.15, 0.2) is 0 Å². The van der Waals surface area contributed by atoms with Gasteiger partial charge in [-0.3, -0.25) is 4.79 Å². The highest BCUT2D eigenvalue weighted by atomic mass is 32.2. The van der Waals surface area contributed by atoms with E-state index in [1.165, 1.54) is 12.2 Å². The second-order valence-electron chi connectivity index (χ2n) is 4.00. The average Bonchev–Trinajstić information content (AvgIpc) is 2.16.